The molecule has 0 heterocycles. The van der Waals surface area contributed by atoms with Crippen molar-refractivity contribution < 1.29 is 14.3 Å². The van der Waals surface area contributed by atoms with E-state index in [0.717, 1.165) is 10.0 Å². The Morgan fingerprint density at radius 1 is 1.38 bits per heavy atom. The maximum absolute atomic E-state index is 11.9. The normalized spacial score (nSPS) is 10.4. The molecule has 0 aliphatic carbocycles. The summed E-state index contributed by atoms with van der Waals surface area (Å²) in [5, 5.41) is 4.28. The zero-order valence-corrected chi connectivity index (χ0v) is 16.3. The molecule has 1 amide bonds. The van der Waals surface area contributed by atoms with Crippen LogP contribution in [0.5, 0.6) is 11.5 Å². The van der Waals surface area contributed by atoms with Gasteiger partial charge in [-0.2, -0.15) is 5.10 Å². The molecule has 0 aliphatic rings. The van der Waals surface area contributed by atoms with Crippen molar-refractivity contribution in [3.63, 3.8) is 0 Å². The first kappa shape index (κ1) is 19.8. The Balaban J connectivity index is 2.01. The first-order valence-electron chi connectivity index (χ1n) is 7.53. The van der Waals surface area contributed by atoms with E-state index in [1.807, 2.05) is 24.3 Å². The second kappa shape index (κ2) is 9.85. The summed E-state index contributed by atoms with van der Waals surface area (Å²) in [6, 6.07) is 10.8. The molecule has 0 fully saturated rings. The Morgan fingerprint density at radius 3 is 2.77 bits per heavy atom. The van der Waals surface area contributed by atoms with Gasteiger partial charge in [0.15, 0.2) is 11.5 Å². The molecule has 0 saturated carbocycles. The van der Waals surface area contributed by atoms with Crippen LogP contribution in [0.3, 0.4) is 0 Å². The molecule has 5 nitrogen and oxygen atoms in total. The number of nitrogens with zero attached hydrogens (tertiary/aromatic N) is 1. The SMILES string of the molecule is C#CCOc1c(Cl)cc(/C=N/NC(=O)Cc2ccc(Br)cc2)cc1OC. The molecule has 0 aliphatic heterocycles. The van der Waals surface area contributed by atoms with E-state index in [0.29, 0.717) is 22.1 Å². The topological polar surface area (TPSA) is 59.9 Å². The van der Waals surface area contributed by atoms with Crippen LogP contribution < -0.4 is 14.9 Å². The van der Waals surface area contributed by atoms with Crippen molar-refractivity contribution in [2.75, 3.05) is 13.7 Å². The van der Waals surface area contributed by atoms with Crippen LogP contribution >= 0.6 is 27.5 Å². The number of amides is 1. The molecule has 0 bridgehead atoms. The van der Waals surface area contributed by atoms with E-state index < -0.39 is 0 Å². The lowest BCUT2D eigenvalue weighted by atomic mass is 10.1. The van der Waals surface area contributed by atoms with Crippen molar-refractivity contribution >= 4 is 39.7 Å². The third kappa shape index (κ3) is 5.80. The Bertz CT molecular complexity index is 845. The highest BCUT2D eigenvalue weighted by Crippen LogP contribution is 2.35. The third-order valence-electron chi connectivity index (χ3n) is 3.23. The minimum absolute atomic E-state index is 0.0790. The van der Waals surface area contributed by atoms with Crippen LogP contribution in [0.1, 0.15) is 11.1 Å². The molecule has 0 aromatic heterocycles. The molecule has 134 valence electrons. The van der Waals surface area contributed by atoms with Gasteiger partial charge >= 0.3 is 0 Å². The number of carbonyl (C=O) groups is 1. The first-order valence-corrected chi connectivity index (χ1v) is 8.70. The fourth-order valence-corrected chi connectivity index (χ4v) is 2.61. The lowest BCUT2D eigenvalue weighted by Crippen LogP contribution is -2.19. The Morgan fingerprint density at radius 2 is 2.12 bits per heavy atom. The second-order valence-corrected chi connectivity index (χ2v) is 6.45. The van der Waals surface area contributed by atoms with E-state index in [4.69, 9.17) is 27.5 Å². The van der Waals surface area contributed by atoms with Crippen molar-refractivity contribution in [3.8, 4) is 23.8 Å². The van der Waals surface area contributed by atoms with E-state index in [1.54, 1.807) is 12.1 Å². The number of benzene rings is 2. The monoisotopic (exact) mass is 434 g/mol. The molecular weight excluding hydrogens is 420 g/mol. The molecule has 1 N–H and O–H groups in total. The Labute approximate surface area is 165 Å². The average Bonchev–Trinajstić information content (AvgIpc) is 2.62. The fraction of sp³-hybridized carbons (Fsp3) is 0.158. The van der Waals surface area contributed by atoms with Gasteiger partial charge < -0.3 is 9.47 Å². The van der Waals surface area contributed by atoms with Crippen molar-refractivity contribution in [1.29, 1.82) is 0 Å². The summed E-state index contributed by atoms with van der Waals surface area (Å²) in [6.07, 6.45) is 6.88. The summed E-state index contributed by atoms with van der Waals surface area (Å²) in [4.78, 5) is 11.9. The second-order valence-electron chi connectivity index (χ2n) is 5.12. The molecule has 2 aromatic rings. The van der Waals surface area contributed by atoms with Crippen LogP contribution in [0.15, 0.2) is 46.0 Å². The average molecular weight is 436 g/mol. The summed E-state index contributed by atoms with van der Waals surface area (Å²) in [5.41, 5.74) is 4.01. The number of halogens is 2. The van der Waals surface area contributed by atoms with E-state index in [9.17, 15) is 4.79 Å². The molecular formula is C19H16BrClN2O3. The van der Waals surface area contributed by atoms with Gasteiger partial charge in [-0.3, -0.25) is 4.79 Å². The van der Waals surface area contributed by atoms with Crippen molar-refractivity contribution in [2.24, 2.45) is 5.10 Å². The lowest BCUT2D eigenvalue weighted by molar-refractivity contribution is -0.120. The molecule has 2 rings (SSSR count). The van der Waals surface area contributed by atoms with Crippen LogP contribution in [0, 0.1) is 12.3 Å². The molecule has 0 saturated heterocycles. The van der Waals surface area contributed by atoms with Gasteiger partial charge in [0.05, 0.1) is 24.8 Å². The Kier molecular flexibility index (Phi) is 7.52. The number of methoxy groups -OCH3 is 1. The number of hydrogen-bond donors (Lipinski definition) is 1. The first-order chi connectivity index (χ1) is 12.5. The Hall–Kier alpha value is -2.49. The van der Waals surface area contributed by atoms with Crippen LogP contribution in [-0.4, -0.2) is 25.8 Å². The summed E-state index contributed by atoms with van der Waals surface area (Å²) in [5.74, 6) is 2.93. The molecule has 0 atom stereocenters. The quantitative estimate of drug-likeness (QED) is 0.409. The smallest absolute Gasteiger partial charge is 0.244 e. The van der Waals surface area contributed by atoms with Crippen molar-refractivity contribution in [3.05, 3.63) is 57.0 Å². The van der Waals surface area contributed by atoms with Gasteiger partial charge in [-0.25, -0.2) is 5.43 Å². The summed E-state index contributed by atoms with van der Waals surface area (Å²) in [6.45, 7) is 0.0790. The minimum atomic E-state index is -0.226. The maximum Gasteiger partial charge on any atom is 0.244 e. The predicted octanol–water partition coefficient (Wildman–Crippen LogP) is 3.82. The highest BCUT2D eigenvalue weighted by molar-refractivity contribution is 9.10. The molecule has 0 spiro atoms. The van der Waals surface area contributed by atoms with Crippen molar-refractivity contribution in [2.45, 2.75) is 6.42 Å². The van der Waals surface area contributed by atoms with Crippen molar-refractivity contribution in [1.82, 2.24) is 5.43 Å². The van der Waals surface area contributed by atoms with E-state index >= 15 is 0 Å². The summed E-state index contributed by atoms with van der Waals surface area (Å²) < 4.78 is 11.6. The van der Waals surface area contributed by atoms with E-state index in [-0.39, 0.29) is 18.9 Å². The zero-order valence-electron chi connectivity index (χ0n) is 14.0. The molecule has 26 heavy (non-hydrogen) atoms. The minimum Gasteiger partial charge on any atom is -0.493 e. The number of terminal acetylenes is 1. The van der Waals surface area contributed by atoms with Gasteiger partial charge in [0.1, 0.15) is 6.61 Å². The number of hydrazone groups is 1. The standard InChI is InChI=1S/C19H16BrClN2O3/c1-3-8-26-19-16(21)9-14(10-17(19)25-2)12-22-23-18(24)11-13-4-6-15(20)7-5-13/h1,4-7,9-10,12H,8,11H2,2H3,(H,23,24)/b22-12+. The largest absolute Gasteiger partial charge is 0.493 e. The number of rotatable bonds is 7. The number of ether oxygens (including phenoxy) is 2. The van der Waals surface area contributed by atoms with E-state index in [2.05, 4.69) is 32.4 Å². The predicted molar refractivity (Wildman–Crippen MR) is 106 cm³/mol. The number of nitrogens with one attached hydrogen (secondary N) is 1. The van der Waals surface area contributed by atoms with Gasteiger partial charge in [-0.05, 0) is 35.4 Å². The summed E-state index contributed by atoms with van der Waals surface area (Å²) >= 11 is 9.54. The zero-order chi connectivity index (χ0) is 18.9. The van der Waals surface area contributed by atoms with Gasteiger partial charge in [-0.1, -0.05) is 45.6 Å². The lowest BCUT2D eigenvalue weighted by Gasteiger charge is -2.11. The maximum atomic E-state index is 11.9. The fourth-order valence-electron chi connectivity index (χ4n) is 2.07. The molecule has 7 heteroatoms. The highest BCUT2D eigenvalue weighted by atomic mass is 79.9. The van der Waals surface area contributed by atoms with Gasteiger partial charge in [-0.15, -0.1) is 6.42 Å². The van der Waals surface area contributed by atoms with Crippen LogP contribution in [0.2, 0.25) is 5.02 Å². The van der Waals surface area contributed by atoms with Crippen LogP contribution in [0.4, 0.5) is 0 Å². The summed E-state index contributed by atoms with van der Waals surface area (Å²) in [7, 11) is 1.50. The van der Waals surface area contributed by atoms with Gasteiger partial charge in [0.2, 0.25) is 5.91 Å². The molecule has 0 unspecified atom stereocenters. The number of hydrogen-bond acceptors (Lipinski definition) is 4. The van der Waals surface area contributed by atoms with E-state index in [1.165, 1.54) is 13.3 Å². The number of carbonyl (C=O) groups excluding carboxylic acids is 1. The van der Waals surface area contributed by atoms with Gasteiger partial charge in [0, 0.05) is 4.47 Å². The third-order valence-corrected chi connectivity index (χ3v) is 4.04. The van der Waals surface area contributed by atoms with Crippen LogP contribution in [0.25, 0.3) is 0 Å². The van der Waals surface area contributed by atoms with Gasteiger partial charge in [0.25, 0.3) is 0 Å². The molecule has 2 aromatic carbocycles. The molecule has 0 radical (unpaired) electrons. The highest BCUT2D eigenvalue weighted by Gasteiger charge is 2.11. The van der Waals surface area contributed by atoms with Crippen LogP contribution in [-0.2, 0) is 11.2 Å².